The number of hydrogen-bond acceptors (Lipinski definition) is 5. The van der Waals surface area contributed by atoms with Crippen LogP contribution >= 0.6 is 0 Å². The lowest BCUT2D eigenvalue weighted by Gasteiger charge is -2.06. The van der Waals surface area contributed by atoms with Crippen molar-refractivity contribution in [3.8, 4) is 17.2 Å². The van der Waals surface area contributed by atoms with E-state index in [9.17, 15) is 24.5 Å². The number of phenolic OH excluding ortho intramolecular Hbond substituents is 3. The van der Waals surface area contributed by atoms with Crippen LogP contribution in [0.15, 0.2) is 65.8 Å². The number of carbonyl (C=O) groups is 1. The molecule has 4 N–H and O–H groups in total. The van der Waals surface area contributed by atoms with Gasteiger partial charge < -0.3 is 15.3 Å². The van der Waals surface area contributed by atoms with Crippen molar-refractivity contribution >= 4 is 24.3 Å². The van der Waals surface area contributed by atoms with E-state index in [0.29, 0.717) is 5.56 Å². The number of hydrogen-bond donors (Lipinski definition) is 4. The topological polar surface area (TPSA) is 102 Å². The highest BCUT2D eigenvalue weighted by molar-refractivity contribution is 5.96. The Morgan fingerprint density at radius 1 is 0.897 bits per heavy atom. The van der Waals surface area contributed by atoms with Crippen LogP contribution in [0.2, 0.25) is 0 Å². The SMILES string of the molecule is O=C(N/N=C\c1c(O)cc(O)cc1/C=C/c1ccc(O)cc1)c1ccc(F)cc1. The molecule has 3 rings (SSSR count). The van der Waals surface area contributed by atoms with Crippen LogP contribution in [0.25, 0.3) is 12.2 Å². The highest BCUT2D eigenvalue weighted by Crippen LogP contribution is 2.27. The van der Waals surface area contributed by atoms with Crippen molar-refractivity contribution in [1.29, 1.82) is 0 Å². The number of halogens is 1. The molecule has 0 aliphatic carbocycles. The van der Waals surface area contributed by atoms with Gasteiger partial charge in [-0.15, -0.1) is 0 Å². The Hall–Kier alpha value is -4.13. The van der Waals surface area contributed by atoms with E-state index in [-0.39, 0.29) is 28.4 Å². The van der Waals surface area contributed by atoms with Crippen molar-refractivity contribution in [2.24, 2.45) is 5.10 Å². The van der Waals surface area contributed by atoms with Crippen LogP contribution in [0.4, 0.5) is 4.39 Å². The van der Waals surface area contributed by atoms with E-state index in [0.717, 1.165) is 23.8 Å². The Labute approximate surface area is 165 Å². The molecular formula is C22H17FN2O4. The zero-order chi connectivity index (χ0) is 20.8. The molecule has 0 saturated heterocycles. The van der Waals surface area contributed by atoms with Crippen molar-refractivity contribution < 1.29 is 24.5 Å². The van der Waals surface area contributed by atoms with Gasteiger partial charge in [-0.25, -0.2) is 9.82 Å². The molecule has 0 fully saturated rings. The van der Waals surface area contributed by atoms with E-state index in [4.69, 9.17) is 0 Å². The van der Waals surface area contributed by atoms with Gasteiger partial charge in [0.15, 0.2) is 0 Å². The molecule has 0 bridgehead atoms. The van der Waals surface area contributed by atoms with Crippen LogP contribution < -0.4 is 5.43 Å². The molecule has 0 radical (unpaired) electrons. The summed E-state index contributed by atoms with van der Waals surface area (Å²) >= 11 is 0. The normalized spacial score (nSPS) is 11.2. The molecule has 0 aromatic heterocycles. The highest BCUT2D eigenvalue weighted by atomic mass is 19.1. The molecule has 146 valence electrons. The number of benzene rings is 3. The molecule has 7 heteroatoms. The Morgan fingerprint density at radius 3 is 2.28 bits per heavy atom. The maximum Gasteiger partial charge on any atom is 0.271 e. The number of rotatable bonds is 5. The molecule has 6 nitrogen and oxygen atoms in total. The average molecular weight is 392 g/mol. The summed E-state index contributed by atoms with van der Waals surface area (Å²) in [6, 6.07) is 14.0. The third-order valence-electron chi connectivity index (χ3n) is 3.99. The van der Waals surface area contributed by atoms with Crippen LogP contribution in [0, 0.1) is 5.82 Å². The lowest BCUT2D eigenvalue weighted by atomic mass is 10.0. The van der Waals surface area contributed by atoms with Gasteiger partial charge >= 0.3 is 0 Å². The smallest absolute Gasteiger partial charge is 0.271 e. The van der Waals surface area contributed by atoms with Crippen molar-refractivity contribution in [1.82, 2.24) is 5.43 Å². The monoisotopic (exact) mass is 392 g/mol. The minimum absolute atomic E-state index is 0.139. The molecule has 0 saturated carbocycles. The van der Waals surface area contributed by atoms with E-state index in [1.807, 2.05) is 0 Å². The van der Waals surface area contributed by atoms with E-state index in [2.05, 4.69) is 10.5 Å². The van der Waals surface area contributed by atoms with Crippen molar-refractivity contribution in [3.05, 3.63) is 88.7 Å². The van der Waals surface area contributed by atoms with Crippen LogP contribution in [0.1, 0.15) is 27.0 Å². The average Bonchev–Trinajstić information content (AvgIpc) is 2.69. The summed E-state index contributed by atoms with van der Waals surface area (Å²) in [5, 5.41) is 33.1. The second kappa shape index (κ2) is 8.71. The van der Waals surface area contributed by atoms with E-state index in [1.165, 1.54) is 36.5 Å². The first kappa shape index (κ1) is 19.6. The van der Waals surface area contributed by atoms with Gasteiger partial charge in [0.1, 0.15) is 23.1 Å². The molecule has 0 spiro atoms. The lowest BCUT2D eigenvalue weighted by Crippen LogP contribution is -2.17. The zero-order valence-corrected chi connectivity index (χ0v) is 15.1. The van der Waals surface area contributed by atoms with E-state index < -0.39 is 11.7 Å². The minimum atomic E-state index is -0.541. The Balaban J connectivity index is 1.80. The molecule has 3 aromatic rings. The van der Waals surface area contributed by atoms with Crippen molar-refractivity contribution in [3.63, 3.8) is 0 Å². The number of amides is 1. The number of hydrazone groups is 1. The first-order chi connectivity index (χ1) is 13.9. The largest absolute Gasteiger partial charge is 0.508 e. The number of carbonyl (C=O) groups excluding carboxylic acids is 1. The fourth-order valence-electron chi connectivity index (χ4n) is 2.52. The zero-order valence-electron chi connectivity index (χ0n) is 15.1. The summed E-state index contributed by atoms with van der Waals surface area (Å²) in [6.45, 7) is 0. The predicted octanol–water partition coefficient (Wildman–Crippen LogP) is 3.88. The summed E-state index contributed by atoms with van der Waals surface area (Å²) in [5.41, 5.74) is 4.05. The highest BCUT2D eigenvalue weighted by Gasteiger charge is 2.08. The van der Waals surface area contributed by atoms with Gasteiger partial charge in [-0.1, -0.05) is 24.3 Å². The third-order valence-corrected chi connectivity index (χ3v) is 3.99. The second-order valence-electron chi connectivity index (χ2n) is 6.10. The van der Waals surface area contributed by atoms with Crippen molar-refractivity contribution in [2.75, 3.05) is 0 Å². The standard InChI is InChI=1S/C22H17FN2O4/c23-17-7-5-15(6-8-17)22(29)25-24-13-20-16(11-19(27)12-21(20)28)4-1-14-2-9-18(26)10-3-14/h1-13,26-28H,(H,25,29)/b4-1+,24-13-. The van der Waals surface area contributed by atoms with Crippen LogP contribution in [-0.4, -0.2) is 27.4 Å². The molecule has 0 aliphatic heterocycles. The summed E-state index contributed by atoms with van der Waals surface area (Å²) < 4.78 is 12.9. The fraction of sp³-hybridized carbons (Fsp3) is 0. The minimum Gasteiger partial charge on any atom is -0.508 e. The van der Waals surface area contributed by atoms with E-state index in [1.54, 1.807) is 24.3 Å². The Morgan fingerprint density at radius 2 is 1.59 bits per heavy atom. The Kier molecular flexibility index (Phi) is 5.89. The number of aromatic hydroxyl groups is 3. The molecule has 29 heavy (non-hydrogen) atoms. The number of nitrogens with zero attached hydrogens (tertiary/aromatic N) is 1. The summed E-state index contributed by atoms with van der Waals surface area (Å²) in [5.74, 6) is -1.22. The molecule has 0 heterocycles. The summed E-state index contributed by atoms with van der Waals surface area (Å²) in [7, 11) is 0. The first-order valence-corrected chi connectivity index (χ1v) is 8.54. The Bertz CT molecular complexity index is 1080. The van der Waals surface area contributed by atoms with Crippen LogP contribution in [-0.2, 0) is 0 Å². The van der Waals surface area contributed by atoms with Gasteiger partial charge in [0.05, 0.1) is 6.21 Å². The molecule has 0 aliphatic rings. The molecule has 3 aromatic carbocycles. The summed E-state index contributed by atoms with van der Waals surface area (Å²) in [4.78, 5) is 12.0. The van der Waals surface area contributed by atoms with Gasteiger partial charge in [-0.3, -0.25) is 4.79 Å². The van der Waals surface area contributed by atoms with Gasteiger partial charge in [0.2, 0.25) is 0 Å². The molecular weight excluding hydrogens is 375 g/mol. The quantitative estimate of drug-likeness (QED) is 0.301. The molecule has 0 atom stereocenters. The maximum absolute atomic E-state index is 12.9. The lowest BCUT2D eigenvalue weighted by molar-refractivity contribution is 0.0955. The van der Waals surface area contributed by atoms with Gasteiger partial charge in [-0.2, -0.15) is 5.10 Å². The maximum atomic E-state index is 12.9. The van der Waals surface area contributed by atoms with Gasteiger partial charge in [0, 0.05) is 17.2 Å². The second-order valence-corrected chi connectivity index (χ2v) is 6.10. The van der Waals surface area contributed by atoms with Crippen LogP contribution in [0.3, 0.4) is 0 Å². The van der Waals surface area contributed by atoms with Gasteiger partial charge in [0.25, 0.3) is 5.91 Å². The molecule has 0 unspecified atom stereocenters. The molecule has 1 amide bonds. The van der Waals surface area contributed by atoms with Crippen molar-refractivity contribution in [2.45, 2.75) is 0 Å². The summed E-state index contributed by atoms with van der Waals surface area (Å²) in [6.07, 6.45) is 4.61. The first-order valence-electron chi connectivity index (χ1n) is 8.54. The third kappa shape index (κ3) is 5.20. The van der Waals surface area contributed by atoms with Crippen LogP contribution in [0.5, 0.6) is 17.2 Å². The van der Waals surface area contributed by atoms with E-state index >= 15 is 0 Å². The number of nitrogens with one attached hydrogen (secondary N) is 1. The fourth-order valence-corrected chi connectivity index (χ4v) is 2.52. The predicted molar refractivity (Wildman–Crippen MR) is 108 cm³/mol. The number of phenols is 3. The van der Waals surface area contributed by atoms with Gasteiger partial charge in [-0.05, 0) is 53.6 Å².